The van der Waals surface area contributed by atoms with Gasteiger partial charge in [-0.3, -0.25) is 19.2 Å². The van der Waals surface area contributed by atoms with Crippen molar-refractivity contribution in [3.05, 3.63) is 0 Å². The zero-order chi connectivity index (χ0) is 22.0. The lowest BCUT2D eigenvalue weighted by atomic mass is 10.0. The van der Waals surface area contributed by atoms with Crippen LogP contribution in [-0.2, 0) is 24.0 Å². The first-order chi connectivity index (χ1) is 12.9. The van der Waals surface area contributed by atoms with Gasteiger partial charge in [0.1, 0.15) is 18.1 Å². The van der Waals surface area contributed by atoms with Crippen molar-refractivity contribution in [3.63, 3.8) is 0 Å². The second-order valence-electron chi connectivity index (χ2n) is 7.06. The van der Waals surface area contributed by atoms with E-state index in [0.29, 0.717) is 0 Å². The number of aliphatic carboxylic acids is 2. The van der Waals surface area contributed by atoms with Crippen LogP contribution in [-0.4, -0.2) is 64.5 Å². The largest absolute Gasteiger partial charge is 0.481 e. The molecule has 11 heteroatoms. The number of carbonyl (C=O) groups excluding carboxylic acids is 3. The molecule has 0 aliphatic carbocycles. The highest BCUT2D eigenvalue weighted by molar-refractivity contribution is 5.93. The Morgan fingerprint density at radius 2 is 1.36 bits per heavy atom. The molecule has 0 radical (unpaired) electrons. The molecular formula is C17H30N4O7. The summed E-state index contributed by atoms with van der Waals surface area (Å²) in [5.41, 5.74) is 5.23. The highest BCUT2D eigenvalue weighted by atomic mass is 16.4. The van der Waals surface area contributed by atoms with Gasteiger partial charge in [-0.15, -0.1) is 0 Å². The predicted molar refractivity (Wildman–Crippen MR) is 99.0 cm³/mol. The Morgan fingerprint density at radius 1 is 0.821 bits per heavy atom. The van der Waals surface area contributed by atoms with Gasteiger partial charge in [-0.05, 0) is 18.3 Å². The van der Waals surface area contributed by atoms with Crippen molar-refractivity contribution in [2.75, 3.05) is 6.54 Å². The number of nitrogens with one attached hydrogen (secondary N) is 3. The van der Waals surface area contributed by atoms with Gasteiger partial charge in [0.15, 0.2) is 0 Å². The minimum Gasteiger partial charge on any atom is -0.481 e. The van der Waals surface area contributed by atoms with Crippen LogP contribution in [0, 0.1) is 11.8 Å². The van der Waals surface area contributed by atoms with Crippen LogP contribution < -0.4 is 21.7 Å². The third kappa shape index (κ3) is 8.80. The molecule has 3 amide bonds. The van der Waals surface area contributed by atoms with Crippen LogP contribution in [0.3, 0.4) is 0 Å². The summed E-state index contributed by atoms with van der Waals surface area (Å²) in [5, 5.41) is 25.2. The smallest absolute Gasteiger partial charge is 0.326 e. The highest BCUT2D eigenvalue weighted by Gasteiger charge is 2.31. The summed E-state index contributed by atoms with van der Waals surface area (Å²) in [6.45, 7) is 6.22. The van der Waals surface area contributed by atoms with Crippen LogP contribution in [0.2, 0.25) is 0 Å². The monoisotopic (exact) mass is 402 g/mol. The molecule has 0 aliphatic heterocycles. The molecule has 0 fully saturated rings. The quantitative estimate of drug-likeness (QED) is 0.231. The molecule has 0 saturated heterocycles. The summed E-state index contributed by atoms with van der Waals surface area (Å²) in [4.78, 5) is 58.7. The second-order valence-corrected chi connectivity index (χ2v) is 7.06. The molecule has 0 unspecified atom stereocenters. The first-order valence-corrected chi connectivity index (χ1v) is 8.95. The number of amides is 3. The van der Waals surface area contributed by atoms with Crippen molar-refractivity contribution in [2.24, 2.45) is 17.6 Å². The van der Waals surface area contributed by atoms with E-state index in [0.717, 1.165) is 0 Å². The van der Waals surface area contributed by atoms with Crippen molar-refractivity contribution in [1.82, 2.24) is 16.0 Å². The molecule has 0 aromatic heterocycles. The molecule has 160 valence electrons. The average molecular weight is 402 g/mol. The third-order valence-electron chi connectivity index (χ3n) is 3.96. The predicted octanol–water partition coefficient (Wildman–Crippen LogP) is -1.34. The topological polar surface area (TPSA) is 188 Å². The summed E-state index contributed by atoms with van der Waals surface area (Å²) < 4.78 is 0. The van der Waals surface area contributed by atoms with E-state index in [2.05, 4.69) is 16.0 Å². The molecule has 0 spiro atoms. The second kappa shape index (κ2) is 11.9. The molecule has 0 rings (SSSR count). The van der Waals surface area contributed by atoms with Gasteiger partial charge in [0, 0.05) is 6.42 Å². The normalized spacial score (nSPS) is 14.1. The Hall–Kier alpha value is -2.69. The fourth-order valence-corrected chi connectivity index (χ4v) is 2.33. The number of carboxylic acids is 2. The van der Waals surface area contributed by atoms with Crippen LogP contribution in [0.25, 0.3) is 0 Å². The van der Waals surface area contributed by atoms with Crippen molar-refractivity contribution >= 4 is 29.7 Å². The zero-order valence-electron chi connectivity index (χ0n) is 16.5. The number of hydrogen-bond donors (Lipinski definition) is 6. The molecule has 0 aromatic rings. The lowest BCUT2D eigenvalue weighted by molar-refractivity contribution is -0.144. The number of rotatable bonds is 12. The van der Waals surface area contributed by atoms with Crippen LogP contribution >= 0.6 is 0 Å². The number of hydrogen-bond acceptors (Lipinski definition) is 6. The summed E-state index contributed by atoms with van der Waals surface area (Å²) in [6.07, 6.45) is -0.660. The minimum atomic E-state index is -1.28. The van der Waals surface area contributed by atoms with Crippen molar-refractivity contribution in [2.45, 2.75) is 58.7 Å². The van der Waals surface area contributed by atoms with Gasteiger partial charge in [-0.25, -0.2) is 4.79 Å². The van der Waals surface area contributed by atoms with Gasteiger partial charge >= 0.3 is 11.9 Å². The Kier molecular flexibility index (Phi) is 10.8. The van der Waals surface area contributed by atoms with Gasteiger partial charge in [0.2, 0.25) is 17.7 Å². The lowest BCUT2D eigenvalue weighted by Crippen LogP contribution is -2.58. The molecule has 0 saturated carbocycles. The van der Waals surface area contributed by atoms with Crippen LogP contribution in [0.15, 0.2) is 0 Å². The van der Waals surface area contributed by atoms with Gasteiger partial charge in [-0.1, -0.05) is 27.7 Å². The number of carboxylic acid groups (broad SMARTS) is 2. The highest BCUT2D eigenvalue weighted by Crippen LogP contribution is 2.07. The SMILES string of the molecule is CC(C)[C@H](NC(=O)[C@H](CCC(=O)O)NC(=O)[C@@H](NC(=O)CN)C(C)C)C(=O)O. The van der Waals surface area contributed by atoms with E-state index in [4.69, 9.17) is 10.8 Å². The summed E-state index contributed by atoms with van der Waals surface area (Å²) in [5.74, 6) is -5.26. The van der Waals surface area contributed by atoms with E-state index in [-0.39, 0.29) is 18.9 Å². The molecule has 3 atom stereocenters. The van der Waals surface area contributed by atoms with E-state index >= 15 is 0 Å². The van der Waals surface area contributed by atoms with Crippen molar-refractivity contribution in [3.8, 4) is 0 Å². The number of carbonyl (C=O) groups is 5. The Balaban J connectivity index is 5.38. The molecule has 7 N–H and O–H groups in total. The molecule has 28 heavy (non-hydrogen) atoms. The van der Waals surface area contributed by atoms with E-state index in [1.54, 1.807) is 27.7 Å². The third-order valence-corrected chi connectivity index (χ3v) is 3.96. The number of nitrogens with two attached hydrogens (primary N) is 1. The van der Waals surface area contributed by atoms with Gasteiger partial charge in [0.25, 0.3) is 0 Å². The lowest BCUT2D eigenvalue weighted by Gasteiger charge is -2.26. The zero-order valence-corrected chi connectivity index (χ0v) is 16.5. The molecule has 0 bridgehead atoms. The average Bonchev–Trinajstić information content (AvgIpc) is 2.59. The molecule has 0 aliphatic rings. The van der Waals surface area contributed by atoms with Gasteiger partial charge in [-0.2, -0.15) is 0 Å². The van der Waals surface area contributed by atoms with Gasteiger partial charge in [0.05, 0.1) is 6.54 Å². The Morgan fingerprint density at radius 3 is 1.75 bits per heavy atom. The molecule has 11 nitrogen and oxygen atoms in total. The maximum atomic E-state index is 12.5. The van der Waals surface area contributed by atoms with E-state index in [9.17, 15) is 29.1 Å². The van der Waals surface area contributed by atoms with E-state index in [1.165, 1.54) is 0 Å². The Labute approximate surface area is 163 Å². The van der Waals surface area contributed by atoms with Crippen molar-refractivity contribution < 1.29 is 34.2 Å². The first-order valence-electron chi connectivity index (χ1n) is 8.95. The maximum absolute atomic E-state index is 12.5. The van der Waals surface area contributed by atoms with Crippen LogP contribution in [0.1, 0.15) is 40.5 Å². The van der Waals surface area contributed by atoms with Gasteiger partial charge < -0.3 is 31.9 Å². The fraction of sp³-hybridized carbons (Fsp3) is 0.706. The fourth-order valence-electron chi connectivity index (χ4n) is 2.33. The first kappa shape index (κ1) is 25.3. The molecule has 0 aromatic carbocycles. The van der Waals surface area contributed by atoms with E-state index < -0.39 is 60.1 Å². The summed E-state index contributed by atoms with van der Waals surface area (Å²) in [7, 11) is 0. The minimum absolute atomic E-state index is 0.243. The summed E-state index contributed by atoms with van der Waals surface area (Å²) in [6, 6.07) is -3.47. The molecular weight excluding hydrogens is 372 g/mol. The Bertz CT molecular complexity index is 592. The van der Waals surface area contributed by atoms with Crippen LogP contribution in [0.5, 0.6) is 0 Å². The van der Waals surface area contributed by atoms with Crippen LogP contribution in [0.4, 0.5) is 0 Å². The van der Waals surface area contributed by atoms with E-state index in [1.807, 2.05) is 0 Å². The van der Waals surface area contributed by atoms with Crippen molar-refractivity contribution in [1.29, 1.82) is 0 Å². The standard InChI is InChI=1S/C17H30N4O7/c1-8(2)13(20-11(22)7-18)16(26)19-10(5-6-12(23)24)15(25)21-14(9(3)4)17(27)28/h8-10,13-14H,5-7,18H2,1-4H3,(H,19,26)(H,20,22)(H,21,25)(H,23,24)(H,27,28)/t10-,13-,14-/m0/s1. The summed E-state index contributed by atoms with van der Waals surface area (Å²) >= 11 is 0. The maximum Gasteiger partial charge on any atom is 0.326 e. The molecule has 0 heterocycles.